The van der Waals surface area contributed by atoms with E-state index in [4.69, 9.17) is 23.2 Å². The van der Waals surface area contributed by atoms with Gasteiger partial charge in [0, 0.05) is 18.3 Å². The molecule has 1 aromatic heterocycles. The quantitative estimate of drug-likeness (QED) is 0.860. The molecule has 5 nitrogen and oxygen atoms in total. The molecule has 0 unspecified atom stereocenters. The number of benzene rings is 1. The van der Waals surface area contributed by atoms with Crippen LogP contribution in [0.1, 0.15) is 34.2 Å². The smallest absolute Gasteiger partial charge is 0.269 e. The van der Waals surface area contributed by atoms with Crippen molar-refractivity contribution < 1.29 is 9.59 Å². The fourth-order valence-electron chi connectivity index (χ4n) is 1.82. The highest BCUT2D eigenvalue weighted by molar-refractivity contribution is 6.44. The number of amides is 2. The van der Waals surface area contributed by atoms with Gasteiger partial charge in [-0.2, -0.15) is 0 Å². The summed E-state index contributed by atoms with van der Waals surface area (Å²) >= 11 is 12.0. The van der Waals surface area contributed by atoms with Gasteiger partial charge in [-0.3, -0.25) is 14.6 Å². The molecule has 0 aliphatic rings. The minimum Gasteiger partial charge on any atom is -0.351 e. The molecule has 0 saturated carbocycles. The lowest BCUT2D eigenvalue weighted by Crippen LogP contribution is -2.25. The maximum atomic E-state index is 12.3. The molecule has 0 saturated heterocycles. The van der Waals surface area contributed by atoms with Crippen molar-refractivity contribution in [2.75, 3.05) is 11.9 Å². The van der Waals surface area contributed by atoms with Gasteiger partial charge in [-0.05, 0) is 30.7 Å². The van der Waals surface area contributed by atoms with E-state index in [1.165, 1.54) is 18.3 Å². The van der Waals surface area contributed by atoms with Gasteiger partial charge in [0.25, 0.3) is 11.8 Å². The zero-order valence-corrected chi connectivity index (χ0v) is 13.9. The molecule has 1 aromatic carbocycles. The molecule has 2 aromatic rings. The summed E-state index contributed by atoms with van der Waals surface area (Å²) in [6, 6.07) is 7.90. The Morgan fingerprint density at radius 2 is 1.96 bits per heavy atom. The zero-order chi connectivity index (χ0) is 16.8. The van der Waals surface area contributed by atoms with Crippen LogP contribution in [0.4, 0.5) is 5.69 Å². The maximum Gasteiger partial charge on any atom is 0.269 e. The molecule has 0 fully saturated rings. The van der Waals surface area contributed by atoms with Crippen molar-refractivity contribution in [2.45, 2.75) is 13.3 Å². The maximum absolute atomic E-state index is 12.3. The normalized spacial score (nSPS) is 10.2. The van der Waals surface area contributed by atoms with Gasteiger partial charge in [-0.1, -0.05) is 36.2 Å². The summed E-state index contributed by atoms with van der Waals surface area (Å²) in [5.74, 6) is -0.719. The van der Waals surface area contributed by atoms with Crippen LogP contribution in [0.5, 0.6) is 0 Å². The highest BCUT2D eigenvalue weighted by Gasteiger charge is 2.13. The first-order chi connectivity index (χ1) is 11.0. The van der Waals surface area contributed by atoms with Crippen molar-refractivity contribution in [2.24, 2.45) is 0 Å². The Hall–Kier alpha value is -2.11. The third-order valence-electron chi connectivity index (χ3n) is 2.99. The van der Waals surface area contributed by atoms with Gasteiger partial charge in [-0.15, -0.1) is 0 Å². The van der Waals surface area contributed by atoms with Crippen molar-refractivity contribution in [1.29, 1.82) is 0 Å². The Morgan fingerprint density at radius 1 is 1.17 bits per heavy atom. The average Bonchev–Trinajstić information content (AvgIpc) is 2.57. The number of hydrogen-bond donors (Lipinski definition) is 2. The Morgan fingerprint density at radius 3 is 2.70 bits per heavy atom. The number of carbonyl (C=O) groups excluding carboxylic acids is 2. The summed E-state index contributed by atoms with van der Waals surface area (Å²) < 4.78 is 0. The molecule has 23 heavy (non-hydrogen) atoms. The predicted octanol–water partition coefficient (Wildman–Crippen LogP) is 3.78. The molecular formula is C16H15Cl2N3O2. The second-order valence-electron chi connectivity index (χ2n) is 4.74. The third kappa shape index (κ3) is 4.43. The second kappa shape index (κ2) is 7.94. The molecule has 0 radical (unpaired) electrons. The molecule has 0 bridgehead atoms. The van der Waals surface area contributed by atoms with E-state index in [2.05, 4.69) is 15.6 Å². The topological polar surface area (TPSA) is 71.1 Å². The highest BCUT2D eigenvalue weighted by atomic mass is 35.5. The largest absolute Gasteiger partial charge is 0.351 e. The summed E-state index contributed by atoms with van der Waals surface area (Å²) in [6.45, 7) is 2.50. The number of halogens is 2. The number of nitrogens with one attached hydrogen (secondary N) is 2. The number of anilines is 1. The van der Waals surface area contributed by atoms with Crippen molar-refractivity contribution in [3.8, 4) is 0 Å². The fourth-order valence-corrected chi connectivity index (χ4v) is 2.17. The van der Waals surface area contributed by atoms with Crippen LogP contribution in [-0.4, -0.2) is 23.3 Å². The number of rotatable bonds is 5. The van der Waals surface area contributed by atoms with Crippen molar-refractivity contribution in [3.05, 3.63) is 57.8 Å². The fraction of sp³-hybridized carbons (Fsp3) is 0.188. The minimum absolute atomic E-state index is 0.184. The lowest BCUT2D eigenvalue weighted by atomic mass is 10.2. The first kappa shape index (κ1) is 17.2. The Kier molecular flexibility index (Phi) is 5.96. The molecule has 0 aliphatic carbocycles. The van der Waals surface area contributed by atoms with Gasteiger partial charge in [0.2, 0.25) is 0 Å². The summed E-state index contributed by atoms with van der Waals surface area (Å²) in [6.07, 6.45) is 2.23. The standard InChI is InChI=1S/C16H15Cl2N3O2/c1-2-7-20-16(23)13-9-10(6-8-19-13)15(22)21-12-5-3-4-11(17)14(12)18/h3-6,8-9H,2,7H2,1H3,(H,20,23)(H,21,22). The SMILES string of the molecule is CCCNC(=O)c1cc(C(=O)Nc2cccc(Cl)c2Cl)ccn1. The molecule has 120 valence electrons. The molecule has 2 amide bonds. The lowest BCUT2D eigenvalue weighted by Gasteiger charge is -2.09. The second-order valence-corrected chi connectivity index (χ2v) is 5.53. The van der Waals surface area contributed by atoms with Gasteiger partial charge < -0.3 is 10.6 Å². The minimum atomic E-state index is -0.402. The van der Waals surface area contributed by atoms with Crippen molar-refractivity contribution in [1.82, 2.24) is 10.3 Å². The van der Waals surface area contributed by atoms with E-state index in [1.54, 1.807) is 18.2 Å². The van der Waals surface area contributed by atoms with Crippen molar-refractivity contribution >= 4 is 40.7 Å². The third-order valence-corrected chi connectivity index (χ3v) is 3.81. The van der Waals surface area contributed by atoms with Crippen LogP contribution < -0.4 is 10.6 Å². The van der Waals surface area contributed by atoms with Crippen molar-refractivity contribution in [3.63, 3.8) is 0 Å². The number of nitrogens with zero attached hydrogens (tertiary/aromatic N) is 1. The number of pyridine rings is 1. The number of hydrogen-bond acceptors (Lipinski definition) is 3. The zero-order valence-electron chi connectivity index (χ0n) is 12.4. The Bertz CT molecular complexity index is 735. The molecule has 1 heterocycles. The molecule has 0 aliphatic heterocycles. The van der Waals surface area contributed by atoms with Crippen LogP contribution in [0.3, 0.4) is 0 Å². The van der Waals surface area contributed by atoms with Gasteiger partial charge in [0.1, 0.15) is 5.69 Å². The summed E-state index contributed by atoms with van der Waals surface area (Å²) in [7, 11) is 0. The van der Waals surface area contributed by atoms with E-state index in [1.807, 2.05) is 6.92 Å². The lowest BCUT2D eigenvalue weighted by molar-refractivity contribution is 0.0948. The molecular weight excluding hydrogens is 337 g/mol. The first-order valence-corrected chi connectivity index (χ1v) is 7.78. The van der Waals surface area contributed by atoms with Crippen LogP contribution in [-0.2, 0) is 0 Å². The summed E-state index contributed by atoms with van der Waals surface area (Å²) in [4.78, 5) is 28.2. The van der Waals surface area contributed by atoms with Gasteiger partial charge in [0.15, 0.2) is 0 Å². The van der Waals surface area contributed by atoms with Crippen LogP contribution >= 0.6 is 23.2 Å². The van der Waals surface area contributed by atoms with Crippen LogP contribution in [0.15, 0.2) is 36.5 Å². The van der Waals surface area contributed by atoms with E-state index in [0.717, 1.165) is 6.42 Å². The summed E-state index contributed by atoms with van der Waals surface area (Å²) in [5, 5.41) is 5.98. The van der Waals surface area contributed by atoms with Gasteiger partial charge >= 0.3 is 0 Å². The average molecular weight is 352 g/mol. The Balaban J connectivity index is 2.16. The van der Waals surface area contributed by atoms with Crippen LogP contribution in [0, 0.1) is 0 Å². The first-order valence-electron chi connectivity index (χ1n) is 7.02. The van der Waals surface area contributed by atoms with Crippen LogP contribution in [0.2, 0.25) is 10.0 Å². The van der Waals surface area contributed by atoms with E-state index in [9.17, 15) is 9.59 Å². The number of carbonyl (C=O) groups is 2. The highest BCUT2D eigenvalue weighted by Crippen LogP contribution is 2.29. The Labute approximate surface area is 144 Å². The predicted molar refractivity (Wildman–Crippen MR) is 91.3 cm³/mol. The number of aromatic nitrogens is 1. The van der Waals surface area contributed by atoms with E-state index in [-0.39, 0.29) is 16.6 Å². The van der Waals surface area contributed by atoms with E-state index in [0.29, 0.717) is 22.8 Å². The molecule has 0 spiro atoms. The molecule has 2 N–H and O–H groups in total. The van der Waals surface area contributed by atoms with Gasteiger partial charge in [0.05, 0.1) is 15.7 Å². The molecule has 0 atom stereocenters. The van der Waals surface area contributed by atoms with Gasteiger partial charge in [-0.25, -0.2) is 0 Å². The van der Waals surface area contributed by atoms with E-state index < -0.39 is 5.91 Å². The molecule has 7 heteroatoms. The van der Waals surface area contributed by atoms with Crippen LogP contribution in [0.25, 0.3) is 0 Å². The van der Waals surface area contributed by atoms with E-state index >= 15 is 0 Å². The molecule has 2 rings (SSSR count). The summed E-state index contributed by atoms with van der Waals surface area (Å²) in [5.41, 5.74) is 0.888. The monoisotopic (exact) mass is 351 g/mol.